The molecule has 0 N–H and O–H groups in total. The summed E-state index contributed by atoms with van der Waals surface area (Å²) in [5.74, 6) is 1.12. The van der Waals surface area contributed by atoms with Crippen LogP contribution in [-0.2, 0) is 16.6 Å². The average Bonchev–Trinajstić information content (AvgIpc) is 3.24. The number of hydrogen-bond acceptors (Lipinski definition) is 6. The molecule has 1 aliphatic heterocycles. The van der Waals surface area contributed by atoms with Crippen LogP contribution in [0, 0.1) is 18.3 Å². The summed E-state index contributed by atoms with van der Waals surface area (Å²) in [5.41, 5.74) is 1.44. The minimum atomic E-state index is -3.88. The van der Waals surface area contributed by atoms with Gasteiger partial charge in [0.1, 0.15) is 13.2 Å². The van der Waals surface area contributed by atoms with Gasteiger partial charge in [0.25, 0.3) is 10.0 Å². The summed E-state index contributed by atoms with van der Waals surface area (Å²) in [6, 6.07) is 15.6. The maximum absolute atomic E-state index is 13.6. The normalized spacial score (nSPS) is 13.0. The molecule has 0 saturated carbocycles. The third-order valence-electron chi connectivity index (χ3n) is 4.57. The molecule has 0 aliphatic carbocycles. The predicted molar refractivity (Wildman–Crippen MR) is 111 cm³/mol. The van der Waals surface area contributed by atoms with E-state index in [9.17, 15) is 8.42 Å². The van der Waals surface area contributed by atoms with Crippen molar-refractivity contribution in [3.63, 3.8) is 0 Å². The molecule has 2 heterocycles. The lowest BCUT2D eigenvalue weighted by molar-refractivity contribution is 0.171. The molecule has 1 aliphatic rings. The number of fused-ring (bicyclic) bond motifs is 1. The van der Waals surface area contributed by atoms with Gasteiger partial charge in [0.2, 0.25) is 0 Å². The third-order valence-corrected chi connectivity index (χ3v) is 7.36. The van der Waals surface area contributed by atoms with Crippen molar-refractivity contribution in [2.75, 3.05) is 17.5 Å². The topological polar surface area (TPSA) is 79.6 Å². The predicted octanol–water partition coefficient (Wildman–Crippen LogP) is 4.09. The van der Waals surface area contributed by atoms with Gasteiger partial charge in [-0.1, -0.05) is 6.07 Å². The van der Waals surface area contributed by atoms with E-state index in [1.807, 2.05) is 23.6 Å². The molecule has 0 radical (unpaired) electrons. The number of rotatable bonds is 5. The molecule has 6 nitrogen and oxygen atoms in total. The number of nitrogens with zero attached hydrogens (tertiary/aromatic N) is 2. The maximum Gasteiger partial charge on any atom is 0.264 e. The molecule has 8 heteroatoms. The Balaban J connectivity index is 1.81. The van der Waals surface area contributed by atoms with Gasteiger partial charge in [-0.25, -0.2) is 8.42 Å². The minimum Gasteiger partial charge on any atom is -0.486 e. The highest BCUT2D eigenvalue weighted by molar-refractivity contribution is 7.92. The van der Waals surface area contributed by atoms with Gasteiger partial charge in [-0.15, -0.1) is 11.3 Å². The molecule has 29 heavy (non-hydrogen) atoms. The summed E-state index contributed by atoms with van der Waals surface area (Å²) in [4.78, 5) is 1.08. The fourth-order valence-electron chi connectivity index (χ4n) is 3.17. The quantitative estimate of drug-likeness (QED) is 0.614. The van der Waals surface area contributed by atoms with E-state index in [0.29, 0.717) is 41.5 Å². The highest BCUT2D eigenvalue weighted by Gasteiger charge is 2.28. The van der Waals surface area contributed by atoms with E-state index in [0.717, 1.165) is 4.88 Å². The molecule has 0 atom stereocenters. The van der Waals surface area contributed by atoms with Gasteiger partial charge in [0, 0.05) is 10.9 Å². The Morgan fingerprint density at radius 1 is 1.10 bits per heavy atom. The van der Waals surface area contributed by atoms with Crippen LogP contribution in [0.5, 0.6) is 11.5 Å². The van der Waals surface area contributed by atoms with E-state index in [1.54, 1.807) is 31.2 Å². The van der Waals surface area contributed by atoms with Crippen LogP contribution in [-0.4, -0.2) is 21.6 Å². The zero-order chi connectivity index (χ0) is 20.4. The molecular formula is C21H18N2O4S2. The third kappa shape index (κ3) is 3.79. The van der Waals surface area contributed by atoms with Crippen LogP contribution in [0.3, 0.4) is 0 Å². The van der Waals surface area contributed by atoms with E-state index in [1.165, 1.54) is 27.8 Å². The van der Waals surface area contributed by atoms with E-state index in [4.69, 9.17) is 14.7 Å². The lowest BCUT2D eigenvalue weighted by Gasteiger charge is -2.27. The van der Waals surface area contributed by atoms with Crippen LogP contribution >= 0.6 is 11.3 Å². The maximum atomic E-state index is 13.6. The van der Waals surface area contributed by atoms with Crippen LogP contribution < -0.4 is 13.8 Å². The fraction of sp³-hybridized carbons (Fsp3) is 0.190. The van der Waals surface area contributed by atoms with Gasteiger partial charge in [-0.2, -0.15) is 5.26 Å². The second kappa shape index (κ2) is 7.78. The van der Waals surface area contributed by atoms with Crippen molar-refractivity contribution in [1.29, 1.82) is 5.26 Å². The van der Waals surface area contributed by atoms with Crippen molar-refractivity contribution in [1.82, 2.24) is 0 Å². The molecule has 1 aromatic heterocycles. The SMILES string of the molecule is Cc1cc(C#N)ccc1S(=O)(=O)N(Cc1cccs1)c1ccc2c(c1)OCCO2. The molecule has 148 valence electrons. The molecule has 0 amide bonds. The number of thiophene rings is 1. The van der Waals surface area contributed by atoms with Crippen LogP contribution in [0.25, 0.3) is 0 Å². The van der Waals surface area contributed by atoms with Crippen LogP contribution in [0.1, 0.15) is 16.0 Å². The van der Waals surface area contributed by atoms with E-state index in [-0.39, 0.29) is 11.4 Å². The molecule has 0 saturated heterocycles. The first-order valence-corrected chi connectivity index (χ1v) is 11.3. The Labute approximate surface area is 173 Å². The lowest BCUT2D eigenvalue weighted by atomic mass is 10.2. The van der Waals surface area contributed by atoms with Crippen molar-refractivity contribution < 1.29 is 17.9 Å². The first-order valence-electron chi connectivity index (χ1n) is 8.94. The summed E-state index contributed by atoms with van der Waals surface area (Å²) in [6.45, 7) is 2.77. The van der Waals surface area contributed by atoms with E-state index in [2.05, 4.69) is 0 Å². The Bertz CT molecular complexity index is 1180. The molecule has 0 unspecified atom stereocenters. The zero-order valence-corrected chi connectivity index (χ0v) is 17.3. The van der Waals surface area contributed by atoms with Gasteiger partial charge in [-0.05, 0) is 54.3 Å². The first kappa shape index (κ1) is 19.3. The second-order valence-corrected chi connectivity index (χ2v) is 9.37. The second-order valence-electron chi connectivity index (χ2n) is 6.51. The number of anilines is 1. The van der Waals surface area contributed by atoms with Gasteiger partial charge in [0.05, 0.1) is 28.8 Å². The summed E-state index contributed by atoms with van der Waals surface area (Å²) in [7, 11) is -3.88. The molecule has 3 aromatic rings. The molecule has 0 bridgehead atoms. The van der Waals surface area contributed by atoms with Crippen molar-refractivity contribution >= 4 is 27.0 Å². The van der Waals surface area contributed by atoms with Crippen LogP contribution in [0.15, 0.2) is 58.8 Å². The van der Waals surface area contributed by atoms with E-state index >= 15 is 0 Å². The Morgan fingerprint density at radius 2 is 1.90 bits per heavy atom. The van der Waals surface area contributed by atoms with Gasteiger partial charge in [-0.3, -0.25) is 4.31 Å². The summed E-state index contributed by atoms with van der Waals surface area (Å²) >= 11 is 1.49. The molecule has 0 fully saturated rings. The Kier molecular flexibility index (Phi) is 5.18. The number of benzene rings is 2. The summed E-state index contributed by atoms with van der Waals surface area (Å²) in [6.07, 6.45) is 0. The fourth-order valence-corrected chi connectivity index (χ4v) is 5.59. The largest absolute Gasteiger partial charge is 0.486 e. The average molecular weight is 427 g/mol. The van der Waals surface area contributed by atoms with Crippen molar-refractivity contribution in [3.8, 4) is 17.6 Å². The molecule has 0 spiro atoms. The first-order chi connectivity index (χ1) is 14.0. The summed E-state index contributed by atoms with van der Waals surface area (Å²) in [5, 5.41) is 11.0. The van der Waals surface area contributed by atoms with Crippen molar-refractivity contribution in [2.24, 2.45) is 0 Å². The standard InChI is InChI=1S/C21H18N2O4S2/c1-15-11-16(13-22)4-7-21(15)29(24,25)23(14-18-3-2-10-28-18)17-5-6-19-20(12-17)27-9-8-26-19/h2-7,10-12H,8-9,14H2,1H3. The number of ether oxygens (including phenoxy) is 2. The Hall–Kier alpha value is -3.02. The van der Waals surface area contributed by atoms with Crippen LogP contribution in [0.2, 0.25) is 0 Å². The highest BCUT2D eigenvalue weighted by atomic mass is 32.2. The van der Waals surface area contributed by atoms with Crippen molar-refractivity contribution in [2.45, 2.75) is 18.4 Å². The van der Waals surface area contributed by atoms with Crippen LogP contribution in [0.4, 0.5) is 5.69 Å². The monoisotopic (exact) mass is 426 g/mol. The van der Waals surface area contributed by atoms with Gasteiger partial charge in [0.15, 0.2) is 11.5 Å². The zero-order valence-electron chi connectivity index (χ0n) is 15.7. The van der Waals surface area contributed by atoms with Gasteiger partial charge >= 0.3 is 0 Å². The van der Waals surface area contributed by atoms with Gasteiger partial charge < -0.3 is 9.47 Å². The number of nitriles is 1. The number of sulfonamides is 1. The molecule has 4 rings (SSSR count). The minimum absolute atomic E-state index is 0.169. The molecule has 2 aromatic carbocycles. The lowest BCUT2D eigenvalue weighted by Crippen LogP contribution is -2.31. The molecular weight excluding hydrogens is 408 g/mol. The number of hydrogen-bond donors (Lipinski definition) is 0. The Morgan fingerprint density at radius 3 is 2.59 bits per heavy atom. The highest BCUT2D eigenvalue weighted by Crippen LogP contribution is 2.37. The smallest absolute Gasteiger partial charge is 0.264 e. The van der Waals surface area contributed by atoms with Crippen molar-refractivity contribution in [3.05, 3.63) is 69.9 Å². The number of aryl methyl sites for hydroxylation is 1. The summed E-state index contributed by atoms with van der Waals surface area (Å²) < 4.78 is 39.8. The van der Waals surface area contributed by atoms with E-state index < -0.39 is 10.0 Å².